The largest absolute Gasteiger partial charge is 0.433 e. The molecule has 1 amide bonds. The Morgan fingerprint density at radius 2 is 2.05 bits per heavy atom. The first-order valence-electron chi connectivity index (χ1n) is 5.68. The van der Waals surface area contributed by atoms with Crippen molar-refractivity contribution in [1.29, 1.82) is 5.26 Å². The van der Waals surface area contributed by atoms with Gasteiger partial charge in [0.2, 0.25) is 0 Å². The predicted molar refractivity (Wildman–Crippen MR) is 71.6 cm³/mol. The van der Waals surface area contributed by atoms with E-state index in [2.05, 4.69) is 10.5 Å². The van der Waals surface area contributed by atoms with Crippen LogP contribution in [-0.4, -0.2) is 17.0 Å². The maximum Gasteiger partial charge on any atom is 0.433 e. The van der Waals surface area contributed by atoms with Crippen LogP contribution >= 0.6 is 0 Å². The van der Waals surface area contributed by atoms with Crippen molar-refractivity contribution in [2.75, 3.05) is 0 Å². The molecule has 8 heteroatoms. The van der Waals surface area contributed by atoms with Gasteiger partial charge in [0.15, 0.2) is 5.76 Å². The molecule has 0 spiro atoms. The van der Waals surface area contributed by atoms with E-state index in [-0.39, 0.29) is 5.76 Å². The van der Waals surface area contributed by atoms with Crippen molar-refractivity contribution >= 4 is 18.0 Å². The van der Waals surface area contributed by atoms with Crippen LogP contribution in [0.5, 0.6) is 0 Å². The number of nitrogens with one attached hydrogen (secondary N) is 1. The van der Waals surface area contributed by atoms with Gasteiger partial charge >= 0.3 is 5.88 Å². The average Bonchev–Trinajstić information content (AvgIpc) is 2.96. The molecule has 0 saturated carbocycles. The fourth-order valence-corrected chi connectivity index (χ4v) is 1.42. The van der Waals surface area contributed by atoms with E-state index in [1.807, 2.05) is 6.07 Å². The zero-order valence-corrected chi connectivity index (χ0v) is 10.5. The van der Waals surface area contributed by atoms with Crippen molar-refractivity contribution in [3.8, 4) is 6.07 Å². The summed E-state index contributed by atoms with van der Waals surface area (Å²) in [5, 5.41) is 22.7. The van der Waals surface area contributed by atoms with E-state index in [1.54, 1.807) is 0 Å². The summed E-state index contributed by atoms with van der Waals surface area (Å²) in [5.41, 5.74) is 3.01. The Labute approximate surface area is 118 Å². The van der Waals surface area contributed by atoms with Gasteiger partial charge in [0.1, 0.15) is 4.92 Å². The molecule has 8 nitrogen and oxygen atoms in total. The second-order valence-electron chi connectivity index (χ2n) is 3.82. The Morgan fingerprint density at radius 3 is 2.62 bits per heavy atom. The minimum Gasteiger partial charge on any atom is -0.400 e. The Bertz CT molecular complexity index is 740. The third-order valence-electron chi connectivity index (χ3n) is 2.43. The number of carbonyl (C=O) groups is 1. The highest BCUT2D eigenvalue weighted by atomic mass is 16.6. The molecule has 0 radical (unpaired) electrons. The lowest BCUT2D eigenvalue weighted by molar-refractivity contribution is -0.402. The first-order chi connectivity index (χ1) is 10.1. The maximum absolute atomic E-state index is 11.7. The van der Waals surface area contributed by atoms with Crippen molar-refractivity contribution in [1.82, 2.24) is 5.43 Å². The van der Waals surface area contributed by atoms with Crippen LogP contribution in [0.4, 0.5) is 5.88 Å². The lowest BCUT2D eigenvalue weighted by Gasteiger charge is -1.98. The van der Waals surface area contributed by atoms with Gasteiger partial charge in [-0.2, -0.15) is 10.4 Å². The fraction of sp³-hybridized carbons (Fsp3) is 0. The number of hydrazone groups is 1. The lowest BCUT2D eigenvalue weighted by Crippen LogP contribution is -2.17. The smallest absolute Gasteiger partial charge is 0.400 e. The number of carbonyl (C=O) groups excluding carboxylic acids is 1. The van der Waals surface area contributed by atoms with Crippen molar-refractivity contribution in [3.05, 3.63) is 63.4 Å². The molecule has 104 valence electrons. The molecule has 1 N–H and O–H groups in total. The summed E-state index contributed by atoms with van der Waals surface area (Å²) in [6.07, 6.45) is 1.15. The van der Waals surface area contributed by atoms with Crippen LogP contribution in [0.1, 0.15) is 21.7 Å². The van der Waals surface area contributed by atoms with Gasteiger partial charge in [-0.25, -0.2) is 5.43 Å². The van der Waals surface area contributed by atoms with Gasteiger partial charge in [-0.15, -0.1) is 0 Å². The summed E-state index contributed by atoms with van der Waals surface area (Å²) in [4.78, 5) is 21.4. The first-order valence-corrected chi connectivity index (χ1v) is 5.68. The Kier molecular flexibility index (Phi) is 4.06. The van der Waals surface area contributed by atoms with E-state index in [4.69, 9.17) is 9.68 Å². The van der Waals surface area contributed by atoms with Crippen LogP contribution in [0.15, 0.2) is 45.9 Å². The monoisotopic (exact) mass is 284 g/mol. The van der Waals surface area contributed by atoms with Crippen LogP contribution in [-0.2, 0) is 0 Å². The number of benzene rings is 1. The number of rotatable bonds is 4. The first kappa shape index (κ1) is 14.0. The van der Waals surface area contributed by atoms with E-state index in [0.717, 1.165) is 6.21 Å². The Hall–Kier alpha value is -3.47. The quantitative estimate of drug-likeness (QED) is 0.521. The number of nitriles is 1. The van der Waals surface area contributed by atoms with Crippen molar-refractivity contribution in [2.45, 2.75) is 0 Å². The van der Waals surface area contributed by atoms with Gasteiger partial charge < -0.3 is 4.42 Å². The van der Waals surface area contributed by atoms with E-state index in [0.29, 0.717) is 11.1 Å². The van der Waals surface area contributed by atoms with E-state index in [1.165, 1.54) is 36.4 Å². The molecule has 0 aliphatic rings. The van der Waals surface area contributed by atoms with Gasteiger partial charge in [0, 0.05) is 5.56 Å². The molecule has 0 aliphatic carbocycles. The van der Waals surface area contributed by atoms with Crippen LogP contribution in [0.25, 0.3) is 0 Å². The van der Waals surface area contributed by atoms with E-state index < -0.39 is 16.7 Å². The molecule has 0 bridgehead atoms. The molecule has 1 aromatic heterocycles. The Balaban J connectivity index is 1.97. The number of furan rings is 1. The van der Waals surface area contributed by atoms with Crippen LogP contribution in [0.2, 0.25) is 0 Å². The third-order valence-corrected chi connectivity index (χ3v) is 2.43. The number of hydrogen-bond donors (Lipinski definition) is 1. The van der Waals surface area contributed by atoms with Crippen molar-refractivity contribution in [3.63, 3.8) is 0 Å². The van der Waals surface area contributed by atoms with Crippen LogP contribution < -0.4 is 5.43 Å². The second kappa shape index (κ2) is 6.12. The fourth-order valence-electron chi connectivity index (χ4n) is 1.42. The minimum atomic E-state index is -0.674. The summed E-state index contributed by atoms with van der Waals surface area (Å²) in [7, 11) is 0. The van der Waals surface area contributed by atoms with E-state index >= 15 is 0 Å². The highest BCUT2D eigenvalue weighted by Crippen LogP contribution is 2.13. The summed E-state index contributed by atoms with van der Waals surface area (Å²) in [6, 6.07) is 10.5. The molecule has 0 fully saturated rings. The van der Waals surface area contributed by atoms with Crippen LogP contribution in [0, 0.1) is 21.4 Å². The second-order valence-corrected chi connectivity index (χ2v) is 3.82. The minimum absolute atomic E-state index is 0.141. The highest BCUT2D eigenvalue weighted by molar-refractivity contribution is 5.94. The zero-order valence-electron chi connectivity index (χ0n) is 10.5. The van der Waals surface area contributed by atoms with Gasteiger partial charge in [-0.1, -0.05) is 0 Å². The van der Waals surface area contributed by atoms with Crippen molar-refractivity contribution in [2.24, 2.45) is 5.10 Å². The molecule has 21 heavy (non-hydrogen) atoms. The lowest BCUT2D eigenvalue weighted by atomic mass is 10.1. The standard InChI is InChI=1S/C13H8N4O4/c14-7-9-1-3-10(4-2-9)13(18)16-15-8-11-5-6-12(21-11)17(19)20/h1-6,8H,(H,16,18)/b15-8+. The molecule has 2 rings (SSSR count). The predicted octanol–water partition coefficient (Wildman–Crippen LogP) is 1.82. The molecular weight excluding hydrogens is 276 g/mol. The van der Waals surface area contributed by atoms with Crippen molar-refractivity contribution < 1.29 is 14.1 Å². The molecule has 0 saturated heterocycles. The molecule has 0 atom stereocenters. The summed E-state index contributed by atoms with van der Waals surface area (Å²) in [6.45, 7) is 0. The molecule has 1 aromatic carbocycles. The summed E-state index contributed by atoms with van der Waals surface area (Å²) < 4.78 is 4.83. The number of hydrogen-bond acceptors (Lipinski definition) is 6. The molecule has 0 aliphatic heterocycles. The number of amides is 1. The van der Waals surface area contributed by atoms with Crippen LogP contribution in [0.3, 0.4) is 0 Å². The molecule has 1 heterocycles. The van der Waals surface area contributed by atoms with Gasteiger partial charge in [0.25, 0.3) is 5.91 Å². The molecule has 2 aromatic rings. The SMILES string of the molecule is N#Cc1ccc(C(=O)N/N=C/c2ccc([N+](=O)[O-])o2)cc1. The maximum atomic E-state index is 11.7. The van der Waals surface area contributed by atoms with Gasteiger partial charge in [-0.3, -0.25) is 14.9 Å². The zero-order chi connectivity index (χ0) is 15.2. The van der Waals surface area contributed by atoms with E-state index in [9.17, 15) is 14.9 Å². The van der Waals surface area contributed by atoms with Gasteiger partial charge in [-0.05, 0) is 30.3 Å². The average molecular weight is 284 g/mol. The highest BCUT2D eigenvalue weighted by Gasteiger charge is 2.10. The summed E-state index contributed by atoms with van der Waals surface area (Å²) >= 11 is 0. The summed E-state index contributed by atoms with van der Waals surface area (Å²) in [5.74, 6) is -0.742. The molecular formula is C13H8N4O4. The molecule has 0 unspecified atom stereocenters. The Morgan fingerprint density at radius 1 is 1.33 bits per heavy atom. The normalized spacial score (nSPS) is 10.2. The number of nitrogens with zero attached hydrogens (tertiary/aromatic N) is 3. The number of nitro groups is 1. The third kappa shape index (κ3) is 3.51. The van der Waals surface area contributed by atoms with Gasteiger partial charge in [0.05, 0.1) is 23.9 Å². The topological polar surface area (TPSA) is 122 Å².